The third-order valence-corrected chi connectivity index (χ3v) is 6.75. The van der Waals surface area contributed by atoms with Gasteiger partial charge in [0.2, 0.25) is 0 Å². The average molecular weight is 551 g/mol. The van der Waals surface area contributed by atoms with E-state index < -0.39 is 0 Å². The van der Waals surface area contributed by atoms with Crippen molar-refractivity contribution in [3.8, 4) is 0 Å². The molecule has 0 saturated heterocycles. The second-order valence-corrected chi connectivity index (χ2v) is 10.5. The lowest BCUT2D eigenvalue weighted by Crippen LogP contribution is -2.47. The van der Waals surface area contributed by atoms with Crippen LogP contribution in [0.1, 0.15) is 48.4 Å². The number of hydrogen-bond acceptors (Lipinski definition) is 9. The van der Waals surface area contributed by atoms with Gasteiger partial charge in [0.15, 0.2) is 0 Å². The number of Topliss-reactive ketones (excluding diaryl/α,β-unsaturated/α-hetero) is 4. The molecule has 1 aliphatic heterocycles. The molecule has 0 aliphatic carbocycles. The molecule has 1 aliphatic rings. The van der Waals surface area contributed by atoms with Gasteiger partial charge in [-0.2, -0.15) is 0 Å². The topological polar surface area (TPSA) is 115 Å². The van der Waals surface area contributed by atoms with Crippen LogP contribution in [0.2, 0.25) is 0 Å². The zero-order valence-electron chi connectivity index (χ0n) is 23.8. The molecule has 10 heteroatoms. The third-order valence-electron chi connectivity index (χ3n) is 6.75. The molecule has 3 rings (SSSR count). The molecule has 214 valence electrons. The van der Waals surface area contributed by atoms with Crippen molar-refractivity contribution < 1.29 is 28.8 Å². The predicted molar refractivity (Wildman–Crippen MR) is 151 cm³/mol. The number of benzene rings is 2. The third kappa shape index (κ3) is 8.45. The Morgan fingerprint density at radius 2 is 0.950 bits per heavy atom. The molecule has 10 nitrogen and oxygen atoms in total. The Morgan fingerprint density at radius 3 is 1.38 bits per heavy atom. The van der Waals surface area contributed by atoms with Crippen molar-refractivity contribution in [3.05, 3.63) is 47.5 Å². The van der Waals surface area contributed by atoms with Crippen molar-refractivity contribution in [1.29, 1.82) is 0 Å². The molecule has 0 fully saturated rings. The second kappa shape index (κ2) is 14.2. The van der Waals surface area contributed by atoms with Gasteiger partial charge < -0.3 is 0 Å². The van der Waals surface area contributed by atoms with Crippen molar-refractivity contribution in [1.82, 2.24) is 19.6 Å². The van der Waals surface area contributed by atoms with Gasteiger partial charge in [-0.3, -0.25) is 48.4 Å². The fourth-order valence-electron chi connectivity index (χ4n) is 5.10. The number of carbonyl (C=O) groups excluding carboxylic acids is 6. The Kier molecular flexibility index (Phi) is 10.9. The van der Waals surface area contributed by atoms with E-state index in [1.54, 1.807) is 29.2 Å². The molecule has 40 heavy (non-hydrogen) atoms. The van der Waals surface area contributed by atoms with E-state index in [9.17, 15) is 28.8 Å². The van der Waals surface area contributed by atoms with Crippen LogP contribution in [0, 0.1) is 0 Å². The number of nitrogens with zero attached hydrogens (tertiary/aromatic N) is 4. The normalized spacial score (nSPS) is 13.1. The molecular formula is C30H38N4O6. The van der Waals surface area contributed by atoms with E-state index >= 15 is 0 Å². The van der Waals surface area contributed by atoms with Crippen LogP contribution in [0.25, 0.3) is 10.8 Å². The van der Waals surface area contributed by atoms with E-state index in [0.717, 1.165) is 5.39 Å². The van der Waals surface area contributed by atoms with E-state index in [1.807, 2.05) is 21.9 Å². The van der Waals surface area contributed by atoms with Gasteiger partial charge in [0, 0.05) is 55.8 Å². The van der Waals surface area contributed by atoms with Crippen molar-refractivity contribution in [2.75, 3.05) is 65.4 Å². The van der Waals surface area contributed by atoms with Crippen LogP contribution in [0.5, 0.6) is 0 Å². The SMILES string of the molecule is CC(=O)CN(CCN(CCN1C(=O)c2cccc3cccc(c23)C1=O)CC(C)=O)CCN(CC(C)=O)CC(C)=O. The molecule has 2 aromatic rings. The molecular weight excluding hydrogens is 512 g/mol. The van der Waals surface area contributed by atoms with E-state index in [1.165, 1.54) is 32.6 Å². The molecule has 0 aromatic heterocycles. The summed E-state index contributed by atoms with van der Waals surface area (Å²) in [4.78, 5) is 80.6. The number of rotatable bonds is 17. The molecule has 0 atom stereocenters. The van der Waals surface area contributed by atoms with Gasteiger partial charge >= 0.3 is 0 Å². The first-order valence-electron chi connectivity index (χ1n) is 13.5. The number of hydrogen-bond donors (Lipinski definition) is 0. The molecule has 0 bridgehead atoms. The molecule has 0 N–H and O–H groups in total. The molecule has 2 aromatic carbocycles. The molecule has 0 radical (unpaired) electrons. The van der Waals surface area contributed by atoms with Gasteiger partial charge in [-0.1, -0.05) is 24.3 Å². The number of ketones is 4. The highest BCUT2D eigenvalue weighted by Gasteiger charge is 2.32. The smallest absolute Gasteiger partial charge is 0.261 e. The Hall–Kier alpha value is -3.60. The lowest BCUT2D eigenvalue weighted by molar-refractivity contribution is -0.122. The van der Waals surface area contributed by atoms with Crippen LogP contribution in [0.3, 0.4) is 0 Å². The van der Waals surface area contributed by atoms with E-state index in [2.05, 4.69) is 0 Å². The Morgan fingerprint density at radius 1 is 0.575 bits per heavy atom. The van der Waals surface area contributed by atoms with Crippen molar-refractivity contribution in [2.24, 2.45) is 0 Å². The van der Waals surface area contributed by atoms with E-state index in [4.69, 9.17) is 0 Å². The lowest BCUT2D eigenvalue weighted by Gasteiger charge is -2.31. The standard InChI is InChI=1S/C30H38N4O6/c1-21(35)17-31(13-14-33(19-23(3)37)20-24(4)38)11-12-32(18-22(2)36)15-16-34-29(39)26-9-5-7-25-8-6-10-27(28(25)26)30(34)40/h5-10H,11-20H2,1-4H3. The highest BCUT2D eigenvalue weighted by molar-refractivity contribution is 6.25. The molecule has 0 saturated carbocycles. The minimum absolute atomic E-state index is 0.0276. The van der Waals surface area contributed by atoms with E-state index in [0.29, 0.717) is 49.2 Å². The summed E-state index contributed by atoms with van der Waals surface area (Å²) in [6.07, 6.45) is 0. The zero-order valence-corrected chi connectivity index (χ0v) is 23.8. The first-order chi connectivity index (χ1) is 19.0. The monoisotopic (exact) mass is 550 g/mol. The zero-order chi connectivity index (χ0) is 29.4. The quantitative estimate of drug-likeness (QED) is 0.271. The summed E-state index contributed by atoms with van der Waals surface area (Å²) < 4.78 is 0. The fourth-order valence-corrected chi connectivity index (χ4v) is 5.10. The van der Waals surface area contributed by atoms with Crippen LogP contribution >= 0.6 is 0 Å². The minimum atomic E-state index is -0.355. The minimum Gasteiger partial charge on any atom is -0.299 e. The van der Waals surface area contributed by atoms with Gasteiger partial charge in [0.1, 0.15) is 23.1 Å². The summed E-state index contributed by atoms with van der Waals surface area (Å²) in [5, 5.41) is 1.51. The van der Waals surface area contributed by atoms with Gasteiger partial charge in [0.25, 0.3) is 11.8 Å². The number of carbonyl (C=O) groups is 6. The maximum Gasteiger partial charge on any atom is 0.261 e. The Labute approximate surface area is 234 Å². The van der Waals surface area contributed by atoms with E-state index in [-0.39, 0.29) is 67.7 Å². The molecule has 2 amide bonds. The lowest BCUT2D eigenvalue weighted by atomic mass is 9.94. The highest BCUT2D eigenvalue weighted by atomic mass is 16.2. The summed E-state index contributed by atoms with van der Waals surface area (Å²) in [7, 11) is 0. The maximum absolute atomic E-state index is 13.3. The van der Waals surface area contributed by atoms with Crippen molar-refractivity contribution in [2.45, 2.75) is 27.7 Å². The number of amides is 2. The van der Waals surface area contributed by atoms with Crippen LogP contribution in [-0.2, 0) is 19.2 Å². The summed E-state index contributed by atoms with van der Waals surface area (Å²) in [6, 6.07) is 10.8. The Bertz CT molecular complexity index is 1240. The van der Waals surface area contributed by atoms with Gasteiger partial charge in [-0.25, -0.2) is 0 Å². The average Bonchev–Trinajstić information content (AvgIpc) is 2.87. The Balaban J connectivity index is 1.67. The largest absolute Gasteiger partial charge is 0.299 e. The van der Waals surface area contributed by atoms with Gasteiger partial charge in [-0.15, -0.1) is 0 Å². The second-order valence-electron chi connectivity index (χ2n) is 10.5. The van der Waals surface area contributed by atoms with Crippen molar-refractivity contribution in [3.63, 3.8) is 0 Å². The number of imide groups is 1. The maximum atomic E-state index is 13.3. The molecule has 0 spiro atoms. The summed E-state index contributed by atoms with van der Waals surface area (Å²) >= 11 is 0. The summed E-state index contributed by atoms with van der Waals surface area (Å²) in [6.45, 7) is 8.72. The van der Waals surface area contributed by atoms with Gasteiger partial charge in [-0.05, 0) is 45.2 Å². The highest BCUT2D eigenvalue weighted by Crippen LogP contribution is 2.29. The first-order valence-corrected chi connectivity index (χ1v) is 13.5. The molecule has 0 unspecified atom stereocenters. The van der Waals surface area contributed by atoms with Crippen LogP contribution in [-0.4, -0.2) is 120 Å². The van der Waals surface area contributed by atoms with Crippen molar-refractivity contribution >= 4 is 45.7 Å². The fraction of sp³-hybridized carbons (Fsp3) is 0.467. The van der Waals surface area contributed by atoms with Crippen LogP contribution < -0.4 is 0 Å². The summed E-state index contributed by atoms with van der Waals surface area (Å²) in [5.74, 6) is -0.892. The van der Waals surface area contributed by atoms with Crippen LogP contribution in [0.15, 0.2) is 36.4 Å². The summed E-state index contributed by atoms with van der Waals surface area (Å²) in [5.41, 5.74) is 0.971. The molecule has 1 heterocycles. The van der Waals surface area contributed by atoms with Gasteiger partial charge in [0.05, 0.1) is 26.2 Å². The van der Waals surface area contributed by atoms with Crippen LogP contribution in [0.4, 0.5) is 0 Å². The first kappa shape index (κ1) is 30.9. The predicted octanol–water partition coefficient (Wildman–Crippen LogP) is 1.70.